The minimum absolute atomic E-state index is 0. The van der Waals surface area contributed by atoms with E-state index in [4.69, 9.17) is 11.6 Å². The molecule has 5 aromatic rings. The lowest BCUT2D eigenvalue weighted by Gasteiger charge is -2.17. The summed E-state index contributed by atoms with van der Waals surface area (Å²) in [6.07, 6.45) is 1.36. The van der Waals surface area contributed by atoms with Gasteiger partial charge in [-0.3, -0.25) is 24.1 Å². The van der Waals surface area contributed by atoms with Gasteiger partial charge in [0.2, 0.25) is 0 Å². The van der Waals surface area contributed by atoms with Crippen LogP contribution in [0.4, 0.5) is 4.39 Å². The number of benzene rings is 2. The molecule has 2 N–H and O–H groups in total. The highest BCUT2D eigenvalue weighted by Gasteiger charge is 2.28. The first-order valence-electron chi connectivity index (χ1n) is 13.4. The molecule has 3 heterocycles. The van der Waals surface area contributed by atoms with Crippen LogP contribution in [0.2, 0.25) is 5.15 Å². The molecule has 0 bridgehead atoms. The van der Waals surface area contributed by atoms with E-state index in [1.54, 1.807) is 72.9 Å². The highest BCUT2D eigenvalue weighted by molar-refractivity contribution is 7.86. The monoisotopic (exact) mass is 672 g/mol. The number of carbonyl (C=O) groups excluding carboxylic acids is 1. The first-order valence-corrected chi connectivity index (χ1v) is 15.2. The molecule has 10 nitrogen and oxygen atoms in total. The normalized spacial score (nSPS) is 11.8. The summed E-state index contributed by atoms with van der Waals surface area (Å²) < 4.78 is 47.3. The summed E-state index contributed by atoms with van der Waals surface area (Å²) in [6, 6.07) is 19.4. The molecule has 0 fully saturated rings. The fourth-order valence-electron chi connectivity index (χ4n) is 4.58. The largest absolute Gasteiger partial charge is 0.334 e. The number of aromatic amines is 1. The molecule has 0 aliphatic rings. The van der Waals surface area contributed by atoms with E-state index in [-0.39, 0.29) is 39.1 Å². The number of fused-ring (bicyclic) bond motifs is 1. The maximum absolute atomic E-state index is 13.7. The van der Waals surface area contributed by atoms with Gasteiger partial charge in [0.15, 0.2) is 22.4 Å². The number of nitrogens with zero attached hydrogens (tertiary/aromatic N) is 3. The number of nitrogens with one attached hydrogen (secondary N) is 1. The zero-order valence-electron chi connectivity index (χ0n) is 24.6. The van der Waals surface area contributed by atoms with Crippen molar-refractivity contribution in [3.05, 3.63) is 133 Å². The van der Waals surface area contributed by atoms with E-state index in [9.17, 15) is 31.7 Å². The molecule has 0 amide bonds. The van der Waals surface area contributed by atoms with E-state index in [1.807, 2.05) is 20.8 Å². The first kappa shape index (κ1) is 35.4. The quantitative estimate of drug-likeness (QED) is 0.0976. The van der Waals surface area contributed by atoms with Crippen LogP contribution in [-0.2, 0) is 10.1 Å². The van der Waals surface area contributed by atoms with E-state index in [2.05, 4.69) is 15.0 Å². The molecule has 0 saturated heterocycles. The minimum atomic E-state index is -4.34. The molecule has 0 aliphatic carbocycles. The second-order valence-electron chi connectivity index (χ2n) is 10.2. The van der Waals surface area contributed by atoms with Gasteiger partial charge in [-0.05, 0) is 36.1 Å². The van der Waals surface area contributed by atoms with Gasteiger partial charge in [0.25, 0.3) is 15.7 Å². The van der Waals surface area contributed by atoms with E-state index in [0.29, 0.717) is 22.5 Å². The predicted molar refractivity (Wildman–Crippen MR) is 177 cm³/mol. The summed E-state index contributed by atoms with van der Waals surface area (Å²) in [7, 11) is -4.34. The molecule has 3 aromatic heterocycles. The summed E-state index contributed by atoms with van der Waals surface area (Å²) in [6.45, 7) is 5.69. The Bertz CT molecular complexity index is 2060. The van der Waals surface area contributed by atoms with Crippen molar-refractivity contribution < 1.29 is 22.2 Å². The molecule has 45 heavy (non-hydrogen) atoms. The number of pyridine rings is 2. The van der Waals surface area contributed by atoms with Crippen LogP contribution in [0, 0.1) is 12.7 Å². The van der Waals surface area contributed by atoms with Gasteiger partial charge in [-0.2, -0.15) is 18.3 Å². The van der Waals surface area contributed by atoms with E-state index >= 15 is 0 Å². The Morgan fingerprint density at radius 1 is 1.04 bits per heavy atom. The Hall–Kier alpha value is -4.09. The number of halogens is 2. The lowest BCUT2D eigenvalue weighted by atomic mass is 10.0. The molecule has 236 valence electrons. The fourth-order valence-corrected chi connectivity index (χ4v) is 5.57. The van der Waals surface area contributed by atoms with Gasteiger partial charge in [0.1, 0.15) is 5.25 Å². The highest BCUT2D eigenvalue weighted by Crippen LogP contribution is 2.27. The SMILES string of the molecule is Cc1ccnc(C(C)C)c1-n1c(=O)[nH]c(=O)c2cc(F)c(Cl)nc21.O=C(C[C@H](c1ccccc1)S(=O)(=O)O)c1ccccc1.P. The first-order chi connectivity index (χ1) is 20.8. The summed E-state index contributed by atoms with van der Waals surface area (Å²) in [5.41, 5.74) is 1.36. The summed E-state index contributed by atoms with van der Waals surface area (Å²) >= 11 is 5.76. The predicted octanol–water partition coefficient (Wildman–Crippen LogP) is 5.64. The smallest absolute Gasteiger partial charge is 0.294 e. The molecular formula is C31H31ClFN4O6PS. The fraction of sp³-hybridized carbons (Fsp3) is 0.194. The van der Waals surface area contributed by atoms with Crippen LogP contribution < -0.4 is 11.2 Å². The van der Waals surface area contributed by atoms with Gasteiger partial charge < -0.3 is 0 Å². The molecule has 0 aliphatic heterocycles. The van der Waals surface area contributed by atoms with E-state index < -0.39 is 37.6 Å². The number of ketones is 1. The molecule has 0 radical (unpaired) electrons. The Morgan fingerprint density at radius 2 is 1.64 bits per heavy atom. The molecule has 1 unspecified atom stereocenters. The van der Waals surface area contributed by atoms with Crippen molar-refractivity contribution in [2.24, 2.45) is 0 Å². The molecule has 2 aromatic carbocycles. The van der Waals surface area contributed by atoms with Crippen molar-refractivity contribution in [1.82, 2.24) is 19.5 Å². The lowest BCUT2D eigenvalue weighted by Crippen LogP contribution is -2.31. The molecule has 0 saturated carbocycles. The summed E-state index contributed by atoms with van der Waals surface area (Å²) in [5, 5.41) is -1.71. The van der Waals surface area contributed by atoms with Gasteiger partial charge in [0, 0.05) is 18.2 Å². The van der Waals surface area contributed by atoms with Crippen molar-refractivity contribution in [1.29, 1.82) is 0 Å². The number of H-pyrrole nitrogens is 1. The minimum Gasteiger partial charge on any atom is -0.294 e. The van der Waals surface area contributed by atoms with Crippen molar-refractivity contribution >= 4 is 48.4 Å². The number of hydrogen-bond acceptors (Lipinski definition) is 7. The van der Waals surface area contributed by atoms with Crippen molar-refractivity contribution in [2.45, 2.75) is 38.4 Å². The van der Waals surface area contributed by atoms with Gasteiger partial charge in [-0.25, -0.2) is 18.7 Å². The third kappa shape index (κ3) is 8.15. The van der Waals surface area contributed by atoms with E-state index in [1.165, 1.54) is 4.57 Å². The van der Waals surface area contributed by atoms with Crippen LogP contribution in [0.3, 0.4) is 0 Å². The van der Waals surface area contributed by atoms with Crippen molar-refractivity contribution in [3.8, 4) is 5.69 Å². The highest BCUT2D eigenvalue weighted by atomic mass is 35.5. The van der Waals surface area contributed by atoms with Crippen molar-refractivity contribution in [2.75, 3.05) is 0 Å². The lowest BCUT2D eigenvalue weighted by molar-refractivity contribution is 0.0979. The molecule has 2 atom stereocenters. The summed E-state index contributed by atoms with van der Waals surface area (Å²) in [4.78, 5) is 47.1. The number of carbonyl (C=O) groups is 1. The third-order valence-electron chi connectivity index (χ3n) is 6.72. The zero-order valence-corrected chi connectivity index (χ0v) is 27.6. The topological polar surface area (TPSA) is 152 Å². The molecule has 5 rings (SSSR count). The number of aryl methyl sites for hydroxylation is 1. The second-order valence-corrected chi connectivity index (χ2v) is 12.1. The standard InChI is InChI=1S/C16H14ClFN4O2.C15H14O4S.H3P/c1-7(2)11-12(8(3)4-5-19-11)22-14-9(15(23)21-16(22)24)6-10(18)13(17)20-14;16-14(12-7-3-1-4-8-12)11-15(20(17,18)19)13-9-5-2-6-10-13;/h4-7H,1-3H3,(H,21,23,24);1-10,15H,11H2,(H,17,18,19);1H3/t;15-;/m.1./s1. The number of rotatable bonds is 7. The Kier molecular flexibility index (Phi) is 11.6. The van der Waals surface area contributed by atoms with Crippen LogP contribution >= 0.6 is 21.5 Å². The van der Waals surface area contributed by atoms with Gasteiger partial charge in [-0.15, -0.1) is 0 Å². The van der Waals surface area contributed by atoms with Crippen LogP contribution in [0.1, 0.15) is 58.6 Å². The number of aromatic nitrogens is 4. The maximum Gasteiger partial charge on any atom is 0.334 e. The van der Waals surface area contributed by atoms with Gasteiger partial charge in [-0.1, -0.05) is 86.1 Å². The average molecular weight is 673 g/mol. The van der Waals surface area contributed by atoms with Crippen LogP contribution in [0.25, 0.3) is 16.7 Å². The average Bonchev–Trinajstić information content (AvgIpc) is 2.98. The number of Topliss-reactive ketones (excluding diaryl/α,β-unsaturated/α-hetero) is 1. The second kappa shape index (κ2) is 14.8. The van der Waals surface area contributed by atoms with E-state index in [0.717, 1.165) is 11.6 Å². The zero-order chi connectivity index (χ0) is 32.2. The van der Waals surface area contributed by atoms with Crippen LogP contribution in [0.5, 0.6) is 0 Å². The van der Waals surface area contributed by atoms with Gasteiger partial charge >= 0.3 is 5.69 Å². The Morgan fingerprint density at radius 3 is 2.22 bits per heavy atom. The maximum atomic E-state index is 13.7. The number of hydrogen-bond donors (Lipinski definition) is 2. The third-order valence-corrected chi connectivity index (χ3v) is 8.14. The Balaban J connectivity index is 0.000000244. The van der Waals surface area contributed by atoms with Crippen LogP contribution in [-0.4, -0.2) is 38.3 Å². The molecular weight excluding hydrogens is 642 g/mol. The van der Waals surface area contributed by atoms with Crippen LogP contribution in [0.15, 0.2) is 88.6 Å². The van der Waals surface area contributed by atoms with Crippen molar-refractivity contribution in [3.63, 3.8) is 0 Å². The molecule has 0 spiro atoms. The van der Waals surface area contributed by atoms with Gasteiger partial charge in [0.05, 0.1) is 16.8 Å². The Labute approximate surface area is 266 Å². The summed E-state index contributed by atoms with van der Waals surface area (Å²) in [5.74, 6) is -1.13. The molecule has 14 heteroatoms.